The van der Waals surface area contributed by atoms with Crippen LogP contribution >= 0.6 is 11.6 Å². The lowest BCUT2D eigenvalue weighted by atomic mass is 10.0. The second-order valence-electron chi connectivity index (χ2n) is 5.57. The van der Waals surface area contributed by atoms with Gasteiger partial charge in [0.15, 0.2) is 5.84 Å². The van der Waals surface area contributed by atoms with Crippen LogP contribution in [0.1, 0.15) is 16.7 Å². The number of hydrogen-bond donors (Lipinski definition) is 1. The molecule has 1 aliphatic rings. The van der Waals surface area contributed by atoms with Gasteiger partial charge < -0.3 is 0 Å². The van der Waals surface area contributed by atoms with Crippen LogP contribution in [0.3, 0.4) is 0 Å². The van der Waals surface area contributed by atoms with Crippen LogP contribution in [0.2, 0.25) is 5.02 Å². The first kappa shape index (κ1) is 15.5. The standard InChI is InChI=1S/C20H13ClFN3/c21-15-8-6-13(7-9-15)19-17-12-16(22)10-11-18(17)23-20(25-24-19)14-4-2-1-3-5-14/h1-12H,(H,23,25). The molecule has 1 aliphatic heterocycles. The number of amidine groups is 1. The Kier molecular flexibility index (Phi) is 4.04. The molecular weight excluding hydrogens is 337 g/mol. The van der Waals surface area contributed by atoms with Gasteiger partial charge in [-0.15, -0.1) is 0 Å². The molecule has 122 valence electrons. The first-order valence-electron chi connectivity index (χ1n) is 7.74. The lowest BCUT2D eigenvalue weighted by molar-refractivity contribution is 0.627. The molecular formula is C20H13ClFN3. The van der Waals surface area contributed by atoms with Crippen LogP contribution in [0.4, 0.5) is 10.1 Å². The van der Waals surface area contributed by atoms with Crippen LogP contribution in [-0.4, -0.2) is 11.5 Å². The van der Waals surface area contributed by atoms with Crippen molar-refractivity contribution in [3.05, 3.63) is 100 Å². The molecule has 0 aliphatic carbocycles. The van der Waals surface area contributed by atoms with Gasteiger partial charge in [-0.05, 0) is 30.3 Å². The number of rotatable bonds is 2. The number of hydrogen-bond acceptors (Lipinski definition) is 3. The average molecular weight is 350 g/mol. The van der Waals surface area contributed by atoms with Crippen LogP contribution in [0.5, 0.6) is 0 Å². The summed E-state index contributed by atoms with van der Waals surface area (Å²) >= 11 is 5.97. The smallest absolute Gasteiger partial charge is 0.154 e. The molecule has 5 heteroatoms. The SMILES string of the molecule is Fc1ccc2c(c1)C(c1ccc(Cl)cc1)=NNC(c1ccccc1)=N2. The Morgan fingerprint density at radius 3 is 2.36 bits per heavy atom. The first-order chi connectivity index (χ1) is 12.2. The van der Waals surface area contributed by atoms with Crippen molar-refractivity contribution in [2.24, 2.45) is 10.1 Å². The molecule has 3 aromatic carbocycles. The lowest BCUT2D eigenvalue weighted by Crippen LogP contribution is -2.19. The minimum absolute atomic E-state index is 0.334. The highest BCUT2D eigenvalue weighted by atomic mass is 35.5. The molecule has 0 saturated heterocycles. The van der Waals surface area contributed by atoms with Crippen molar-refractivity contribution >= 4 is 28.8 Å². The maximum absolute atomic E-state index is 13.9. The summed E-state index contributed by atoms with van der Waals surface area (Å²) in [6, 6.07) is 21.5. The van der Waals surface area contributed by atoms with Crippen molar-refractivity contribution in [2.45, 2.75) is 0 Å². The predicted molar refractivity (Wildman–Crippen MR) is 99.3 cm³/mol. The van der Waals surface area contributed by atoms with E-state index < -0.39 is 0 Å². The fraction of sp³-hybridized carbons (Fsp3) is 0. The molecule has 3 aromatic rings. The van der Waals surface area contributed by atoms with Gasteiger partial charge in [0.1, 0.15) is 11.5 Å². The number of fused-ring (bicyclic) bond motifs is 1. The van der Waals surface area contributed by atoms with Gasteiger partial charge >= 0.3 is 0 Å². The summed E-state index contributed by atoms with van der Waals surface area (Å²) < 4.78 is 13.9. The molecule has 0 amide bonds. The molecule has 0 spiro atoms. The third-order valence-corrected chi connectivity index (χ3v) is 4.14. The summed E-state index contributed by atoms with van der Waals surface area (Å²) in [5, 5.41) is 5.12. The zero-order valence-electron chi connectivity index (χ0n) is 13.1. The topological polar surface area (TPSA) is 36.8 Å². The van der Waals surface area contributed by atoms with Crippen molar-refractivity contribution < 1.29 is 4.39 Å². The summed E-state index contributed by atoms with van der Waals surface area (Å²) in [5.74, 6) is 0.274. The van der Waals surface area contributed by atoms with E-state index in [-0.39, 0.29) is 5.82 Å². The third kappa shape index (κ3) is 3.16. The van der Waals surface area contributed by atoms with Gasteiger partial charge in [-0.1, -0.05) is 54.1 Å². The van der Waals surface area contributed by atoms with Crippen LogP contribution in [0.25, 0.3) is 0 Å². The van der Waals surface area contributed by atoms with E-state index in [2.05, 4.69) is 15.5 Å². The zero-order valence-corrected chi connectivity index (χ0v) is 13.8. The fourth-order valence-corrected chi connectivity index (χ4v) is 2.79. The largest absolute Gasteiger partial charge is 0.260 e. The van der Waals surface area contributed by atoms with Gasteiger partial charge in [0.25, 0.3) is 0 Å². The Morgan fingerprint density at radius 1 is 0.840 bits per heavy atom. The van der Waals surface area contributed by atoms with Crippen molar-refractivity contribution in [3.8, 4) is 0 Å². The predicted octanol–water partition coefficient (Wildman–Crippen LogP) is 4.91. The fourth-order valence-electron chi connectivity index (χ4n) is 2.66. The third-order valence-electron chi connectivity index (χ3n) is 3.88. The second-order valence-corrected chi connectivity index (χ2v) is 6.00. The zero-order chi connectivity index (χ0) is 17.2. The lowest BCUT2D eigenvalue weighted by Gasteiger charge is -2.08. The van der Waals surface area contributed by atoms with Crippen LogP contribution in [-0.2, 0) is 0 Å². The maximum Gasteiger partial charge on any atom is 0.154 e. The number of nitrogens with one attached hydrogen (secondary N) is 1. The molecule has 3 nitrogen and oxygen atoms in total. The van der Waals surface area contributed by atoms with Crippen molar-refractivity contribution in [2.75, 3.05) is 0 Å². The summed E-state index contributed by atoms with van der Waals surface area (Å²) in [5.41, 5.74) is 6.63. The molecule has 25 heavy (non-hydrogen) atoms. The van der Waals surface area contributed by atoms with Crippen LogP contribution in [0, 0.1) is 5.82 Å². The van der Waals surface area contributed by atoms with E-state index in [0.717, 1.165) is 11.1 Å². The van der Waals surface area contributed by atoms with E-state index in [1.54, 1.807) is 18.2 Å². The molecule has 4 rings (SSSR count). The summed E-state index contributed by atoms with van der Waals surface area (Å²) in [6.07, 6.45) is 0. The molecule has 0 bridgehead atoms. The van der Waals surface area contributed by atoms with Crippen LogP contribution in [0.15, 0.2) is 82.9 Å². The molecule has 0 fully saturated rings. The summed E-state index contributed by atoms with van der Waals surface area (Å²) in [7, 11) is 0. The Balaban J connectivity index is 1.87. The number of hydrazone groups is 1. The monoisotopic (exact) mass is 349 g/mol. The minimum atomic E-state index is -0.334. The normalized spacial score (nSPS) is 13.2. The Morgan fingerprint density at radius 2 is 1.60 bits per heavy atom. The van der Waals surface area contributed by atoms with Crippen molar-refractivity contribution in [1.82, 2.24) is 5.43 Å². The molecule has 0 unspecified atom stereocenters. The second kappa shape index (κ2) is 6.49. The highest BCUT2D eigenvalue weighted by Gasteiger charge is 2.17. The molecule has 0 atom stereocenters. The summed E-state index contributed by atoms with van der Waals surface area (Å²) in [6.45, 7) is 0. The maximum atomic E-state index is 13.9. The van der Waals surface area contributed by atoms with E-state index in [0.29, 0.717) is 27.8 Å². The van der Waals surface area contributed by atoms with Crippen molar-refractivity contribution in [3.63, 3.8) is 0 Å². The summed E-state index contributed by atoms with van der Waals surface area (Å²) in [4.78, 5) is 4.64. The molecule has 0 saturated carbocycles. The van der Waals surface area contributed by atoms with Gasteiger partial charge in [0.2, 0.25) is 0 Å². The first-order valence-corrected chi connectivity index (χ1v) is 8.12. The van der Waals surface area contributed by atoms with Gasteiger partial charge in [-0.2, -0.15) is 5.10 Å². The van der Waals surface area contributed by atoms with E-state index in [1.165, 1.54) is 12.1 Å². The van der Waals surface area contributed by atoms with Gasteiger partial charge in [0, 0.05) is 21.7 Å². The highest BCUT2D eigenvalue weighted by Crippen LogP contribution is 2.27. The number of benzene rings is 3. The van der Waals surface area contributed by atoms with E-state index in [4.69, 9.17) is 11.6 Å². The Bertz CT molecular complexity index is 980. The van der Waals surface area contributed by atoms with Gasteiger partial charge in [-0.25, -0.2) is 9.38 Å². The Labute approximate surface area is 149 Å². The molecule has 1 heterocycles. The molecule has 0 radical (unpaired) electrons. The molecule has 0 aromatic heterocycles. The molecule has 1 N–H and O–H groups in total. The minimum Gasteiger partial charge on any atom is -0.260 e. The Hall–Kier alpha value is -2.98. The van der Waals surface area contributed by atoms with E-state index in [9.17, 15) is 4.39 Å². The van der Waals surface area contributed by atoms with Crippen molar-refractivity contribution in [1.29, 1.82) is 0 Å². The quantitative estimate of drug-likeness (QED) is 0.701. The van der Waals surface area contributed by atoms with E-state index in [1.807, 2.05) is 42.5 Å². The van der Waals surface area contributed by atoms with Crippen LogP contribution < -0.4 is 5.43 Å². The number of halogens is 2. The average Bonchev–Trinajstić information content (AvgIpc) is 2.83. The highest BCUT2D eigenvalue weighted by molar-refractivity contribution is 6.30. The van der Waals surface area contributed by atoms with Gasteiger partial charge in [-0.3, -0.25) is 5.43 Å². The van der Waals surface area contributed by atoms with E-state index >= 15 is 0 Å². The number of aliphatic imine (C=N–C) groups is 1. The number of nitrogens with zero attached hydrogens (tertiary/aromatic N) is 2. The van der Waals surface area contributed by atoms with Gasteiger partial charge in [0.05, 0.1) is 5.69 Å².